The smallest absolute Gasteiger partial charge is 0.198 e. The fraction of sp³-hybridized carbons (Fsp3) is 0.462. The molecule has 0 bridgehead atoms. The molecule has 2 nitrogen and oxygen atoms in total. The SMILES string of the molecule is CCCCOc1cccc(CC[C]=O)c1. The molecule has 0 aliphatic rings. The first-order valence-electron chi connectivity index (χ1n) is 5.43. The normalized spacial score (nSPS) is 9.93. The van der Waals surface area contributed by atoms with Crippen molar-refractivity contribution in [2.45, 2.75) is 32.6 Å². The second-order valence-corrected chi connectivity index (χ2v) is 3.49. The Morgan fingerprint density at radius 2 is 2.27 bits per heavy atom. The van der Waals surface area contributed by atoms with Crippen LogP contribution in [0.5, 0.6) is 5.75 Å². The van der Waals surface area contributed by atoms with Crippen molar-refractivity contribution in [3.63, 3.8) is 0 Å². The maximum absolute atomic E-state index is 10.1. The summed E-state index contributed by atoms with van der Waals surface area (Å²) in [6, 6.07) is 7.90. The van der Waals surface area contributed by atoms with Crippen LogP contribution in [0.2, 0.25) is 0 Å². The quantitative estimate of drug-likeness (QED) is 0.640. The van der Waals surface area contributed by atoms with Crippen LogP contribution in [0, 0.1) is 0 Å². The van der Waals surface area contributed by atoms with Crippen LogP contribution >= 0.6 is 0 Å². The van der Waals surface area contributed by atoms with Gasteiger partial charge in [-0.2, -0.15) is 0 Å². The van der Waals surface area contributed by atoms with Gasteiger partial charge in [-0.1, -0.05) is 25.5 Å². The lowest BCUT2D eigenvalue weighted by Gasteiger charge is -2.06. The first kappa shape index (κ1) is 11.8. The number of hydrogen-bond donors (Lipinski definition) is 0. The Bertz CT molecular complexity index is 294. The van der Waals surface area contributed by atoms with Gasteiger partial charge in [0.25, 0.3) is 0 Å². The second kappa shape index (κ2) is 7.04. The van der Waals surface area contributed by atoms with E-state index in [1.807, 2.05) is 30.6 Å². The van der Waals surface area contributed by atoms with Gasteiger partial charge in [-0.3, -0.25) is 4.79 Å². The number of carbonyl (C=O) groups excluding carboxylic acids is 1. The molecule has 0 aliphatic heterocycles. The molecule has 0 saturated heterocycles. The lowest BCUT2D eigenvalue weighted by atomic mass is 10.1. The van der Waals surface area contributed by atoms with Crippen molar-refractivity contribution in [3.05, 3.63) is 29.8 Å². The minimum Gasteiger partial charge on any atom is -0.494 e. The topological polar surface area (TPSA) is 26.3 Å². The number of rotatable bonds is 7. The summed E-state index contributed by atoms with van der Waals surface area (Å²) in [5.41, 5.74) is 1.13. The Hall–Kier alpha value is -1.31. The van der Waals surface area contributed by atoms with Crippen molar-refractivity contribution < 1.29 is 9.53 Å². The molecule has 0 aromatic heterocycles. The van der Waals surface area contributed by atoms with Crippen LogP contribution in [0.15, 0.2) is 24.3 Å². The Kier molecular flexibility index (Phi) is 5.52. The van der Waals surface area contributed by atoms with E-state index >= 15 is 0 Å². The maximum atomic E-state index is 10.1. The van der Waals surface area contributed by atoms with E-state index in [-0.39, 0.29) is 0 Å². The van der Waals surface area contributed by atoms with Crippen LogP contribution in [0.25, 0.3) is 0 Å². The molecule has 0 unspecified atom stereocenters. The number of ether oxygens (including phenoxy) is 1. The molecular weight excluding hydrogens is 188 g/mol. The van der Waals surface area contributed by atoms with Crippen LogP contribution in [0.1, 0.15) is 31.7 Å². The van der Waals surface area contributed by atoms with E-state index in [4.69, 9.17) is 4.74 Å². The number of benzene rings is 1. The standard InChI is InChI=1S/C13H17O2/c1-2-3-10-15-13-8-4-6-12(11-13)7-5-9-14/h4,6,8,11H,2-3,5,7,10H2,1H3. The summed E-state index contributed by atoms with van der Waals surface area (Å²) in [6.45, 7) is 2.90. The fourth-order valence-electron chi connectivity index (χ4n) is 1.32. The molecule has 0 fully saturated rings. The Morgan fingerprint density at radius 1 is 1.40 bits per heavy atom. The average molecular weight is 205 g/mol. The first-order valence-corrected chi connectivity index (χ1v) is 5.43. The molecule has 1 aromatic carbocycles. The molecular formula is C13H17O2. The monoisotopic (exact) mass is 205 g/mol. The minimum atomic E-state index is 0.457. The van der Waals surface area contributed by atoms with Gasteiger partial charge in [0.2, 0.25) is 0 Å². The summed E-state index contributed by atoms with van der Waals surface area (Å²) >= 11 is 0. The third kappa shape index (κ3) is 4.63. The van der Waals surface area contributed by atoms with E-state index in [9.17, 15) is 4.79 Å². The molecule has 0 N–H and O–H groups in total. The summed E-state index contributed by atoms with van der Waals surface area (Å²) in [5, 5.41) is 0. The Balaban J connectivity index is 2.46. The van der Waals surface area contributed by atoms with Crippen molar-refractivity contribution in [2.24, 2.45) is 0 Å². The molecule has 0 amide bonds. The minimum absolute atomic E-state index is 0.457. The Labute approximate surface area is 91.3 Å². The summed E-state index contributed by atoms with van der Waals surface area (Å²) in [5.74, 6) is 0.895. The summed E-state index contributed by atoms with van der Waals surface area (Å²) in [7, 11) is 0. The lowest BCUT2D eigenvalue weighted by Crippen LogP contribution is -1.97. The van der Waals surface area contributed by atoms with Crippen LogP contribution in [-0.2, 0) is 11.2 Å². The van der Waals surface area contributed by atoms with E-state index in [1.165, 1.54) is 0 Å². The second-order valence-electron chi connectivity index (χ2n) is 3.49. The van der Waals surface area contributed by atoms with E-state index in [1.54, 1.807) is 0 Å². The molecule has 1 aromatic rings. The van der Waals surface area contributed by atoms with Gasteiger partial charge in [0.15, 0.2) is 6.29 Å². The molecule has 0 aliphatic carbocycles. The van der Waals surface area contributed by atoms with Crippen LogP contribution in [0.4, 0.5) is 0 Å². The number of hydrogen-bond acceptors (Lipinski definition) is 2. The van der Waals surface area contributed by atoms with Crippen LogP contribution in [-0.4, -0.2) is 12.9 Å². The van der Waals surface area contributed by atoms with Crippen molar-refractivity contribution in [1.82, 2.24) is 0 Å². The van der Waals surface area contributed by atoms with Crippen molar-refractivity contribution in [1.29, 1.82) is 0 Å². The van der Waals surface area contributed by atoms with Gasteiger partial charge in [-0.15, -0.1) is 0 Å². The van der Waals surface area contributed by atoms with Gasteiger partial charge in [-0.05, 0) is 30.5 Å². The average Bonchev–Trinajstić information content (AvgIpc) is 2.27. The highest BCUT2D eigenvalue weighted by Gasteiger charge is 1.96. The van der Waals surface area contributed by atoms with Crippen LogP contribution in [0.3, 0.4) is 0 Å². The highest BCUT2D eigenvalue weighted by atomic mass is 16.5. The van der Waals surface area contributed by atoms with Gasteiger partial charge < -0.3 is 4.74 Å². The summed E-state index contributed by atoms with van der Waals surface area (Å²) in [6.07, 6.45) is 5.31. The van der Waals surface area contributed by atoms with Crippen molar-refractivity contribution in [3.8, 4) is 5.75 Å². The molecule has 15 heavy (non-hydrogen) atoms. The predicted molar refractivity (Wildman–Crippen MR) is 60.9 cm³/mol. The van der Waals surface area contributed by atoms with Gasteiger partial charge in [-0.25, -0.2) is 0 Å². The third-order valence-electron chi connectivity index (χ3n) is 2.18. The zero-order valence-electron chi connectivity index (χ0n) is 9.16. The van der Waals surface area contributed by atoms with E-state index in [0.717, 1.165) is 37.2 Å². The van der Waals surface area contributed by atoms with Gasteiger partial charge in [0, 0.05) is 6.42 Å². The summed E-state index contributed by atoms with van der Waals surface area (Å²) < 4.78 is 5.57. The van der Waals surface area contributed by atoms with Crippen molar-refractivity contribution in [2.75, 3.05) is 6.61 Å². The molecule has 0 heterocycles. The first-order chi connectivity index (χ1) is 7.36. The molecule has 0 spiro atoms. The third-order valence-corrected chi connectivity index (χ3v) is 2.18. The van der Waals surface area contributed by atoms with Gasteiger partial charge in [0.05, 0.1) is 6.61 Å². The van der Waals surface area contributed by atoms with Crippen molar-refractivity contribution >= 4 is 6.29 Å². The highest BCUT2D eigenvalue weighted by molar-refractivity contribution is 5.51. The molecule has 2 heteroatoms. The highest BCUT2D eigenvalue weighted by Crippen LogP contribution is 2.14. The van der Waals surface area contributed by atoms with E-state index in [2.05, 4.69) is 6.92 Å². The van der Waals surface area contributed by atoms with Gasteiger partial charge >= 0.3 is 0 Å². The maximum Gasteiger partial charge on any atom is 0.198 e. The molecule has 81 valence electrons. The largest absolute Gasteiger partial charge is 0.494 e. The molecule has 0 saturated carbocycles. The summed E-state index contributed by atoms with van der Waals surface area (Å²) in [4.78, 5) is 10.1. The fourth-order valence-corrected chi connectivity index (χ4v) is 1.32. The Morgan fingerprint density at radius 3 is 3.00 bits per heavy atom. The predicted octanol–water partition coefficient (Wildman–Crippen LogP) is 2.91. The lowest BCUT2D eigenvalue weighted by molar-refractivity contribution is 0.309. The zero-order valence-corrected chi connectivity index (χ0v) is 9.16. The van der Waals surface area contributed by atoms with Crippen LogP contribution < -0.4 is 4.74 Å². The van der Waals surface area contributed by atoms with Gasteiger partial charge in [0.1, 0.15) is 5.75 Å². The molecule has 1 radical (unpaired) electrons. The van der Waals surface area contributed by atoms with E-state index < -0.39 is 0 Å². The zero-order chi connectivity index (χ0) is 10.9. The van der Waals surface area contributed by atoms with E-state index in [0.29, 0.717) is 6.42 Å². The molecule has 0 atom stereocenters. The number of unbranched alkanes of at least 4 members (excludes halogenated alkanes) is 1. The number of aryl methyl sites for hydroxylation is 1. The molecule has 1 rings (SSSR count).